The number of nitrogens with zero attached hydrogens (tertiary/aromatic N) is 1. The zero-order valence-corrected chi connectivity index (χ0v) is 12.8. The lowest BCUT2D eigenvalue weighted by Crippen LogP contribution is -2.39. The van der Waals surface area contributed by atoms with Crippen molar-refractivity contribution >= 4 is 11.8 Å². The Bertz CT molecular complexity index is 636. The number of hydrogen-bond donors (Lipinski definition) is 0. The van der Waals surface area contributed by atoms with Crippen molar-refractivity contribution in [3.63, 3.8) is 0 Å². The van der Waals surface area contributed by atoms with Crippen LogP contribution in [0.4, 0.5) is 0 Å². The van der Waals surface area contributed by atoms with Crippen molar-refractivity contribution in [2.75, 3.05) is 19.9 Å². The van der Waals surface area contributed by atoms with Crippen molar-refractivity contribution in [2.45, 2.75) is 19.1 Å². The number of carbonyl (C=O) groups excluding carboxylic acids is 2. The van der Waals surface area contributed by atoms with Gasteiger partial charge in [0, 0.05) is 12.0 Å². The van der Waals surface area contributed by atoms with Crippen molar-refractivity contribution in [1.82, 2.24) is 4.90 Å². The van der Waals surface area contributed by atoms with Gasteiger partial charge in [0.2, 0.25) is 0 Å². The van der Waals surface area contributed by atoms with E-state index in [0.717, 1.165) is 5.56 Å². The maximum Gasteiger partial charge on any atom is 0.320 e. The van der Waals surface area contributed by atoms with Gasteiger partial charge in [-0.25, -0.2) is 0 Å². The summed E-state index contributed by atoms with van der Waals surface area (Å²) in [5, 5.41) is 0. The highest BCUT2D eigenvalue weighted by Gasteiger charge is 2.33. The molecule has 2 aliphatic rings. The summed E-state index contributed by atoms with van der Waals surface area (Å²) in [6.07, 6.45) is 5.93. The first-order chi connectivity index (χ1) is 11.2. The number of rotatable bonds is 5. The largest absolute Gasteiger partial charge is 0.460 e. The van der Waals surface area contributed by atoms with E-state index in [0.29, 0.717) is 25.3 Å². The van der Waals surface area contributed by atoms with Crippen LogP contribution in [0.25, 0.3) is 0 Å². The van der Waals surface area contributed by atoms with Crippen molar-refractivity contribution < 1.29 is 19.1 Å². The lowest BCUT2D eigenvalue weighted by atomic mass is 9.96. The second kappa shape index (κ2) is 7.35. The second-order valence-corrected chi connectivity index (χ2v) is 5.59. The van der Waals surface area contributed by atoms with Gasteiger partial charge in [0.25, 0.3) is 0 Å². The predicted octanol–water partition coefficient (Wildman–Crippen LogP) is 1.84. The molecule has 0 bridgehead atoms. The first kappa shape index (κ1) is 15.6. The number of esters is 1. The SMILES string of the molecule is O=C(CN1COC[C@@H]1C1=CC=CCC1=O)OCc1ccccc1. The number of benzene rings is 1. The molecule has 1 atom stereocenters. The molecule has 23 heavy (non-hydrogen) atoms. The second-order valence-electron chi connectivity index (χ2n) is 5.59. The minimum absolute atomic E-state index is 0.0886. The molecule has 0 N–H and O–H groups in total. The van der Waals surface area contributed by atoms with Gasteiger partial charge in [0.15, 0.2) is 5.78 Å². The van der Waals surface area contributed by atoms with E-state index in [1.54, 1.807) is 0 Å². The van der Waals surface area contributed by atoms with Crippen LogP contribution in [0.3, 0.4) is 0 Å². The smallest absolute Gasteiger partial charge is 0.320 e. The third-order valence-electron chi connectivity index (χ3n) is 3.94. The maximum absolute atomic E-state index is 12.0. The third kappa shape index (κ3) is 3.94. The Balaban J connectivity index is 1.56. The molecular weight excluding hydrogens is 294 g/mol. The van der Waals surface area contributed by atoms with Gasteiger partial charge in [0.1, 0.15) is 13.3 Å². The molecule has 0 spiro atoms. The monoisotopic (exact) mass is 313 g/mol. The van der Waals surface area contributed by atoms with E-state index in [1.165, 1.54) is 0 Å². The summed E-state index contributed by atoms with van der Waals surface area (Å²) in [5.41, 5.74) is 1.66. The minimum atomic E-state index is -0.316. The third-order valence-corrected chi connectivity index (χ3v) is 3.94. The fraction of sp³-hybridized carbons (Fsp3) is 0.333. The molecule has 1 fully saturated rings. The summed E-state index contributed by atoms with van der Waals surface area (Å²) < 4.78 is 10.7. The molecule has 1 saturated heterocycles. The molecule has 0 radical (unpaired) electrons. The minimum Gasteiger partial charge on any atom is -0.460 e. The Hall–Kier alpha value is -2.24. The molecule has 3 rings (SSSR count). The Labute approximate surface area is 135 Å². The van der Waals surface area contributed by atoms with E-state index in [-0.39, 0.29) is 30.9 Å². The van der Waals surface area contributed by atoms with Gasteiger partial charge in [-0.05, 0) is 5.56 Å². The Morgan fingerprint density at radius 3 is 2.91 bits per heavy atom. The standard InChI is InChI=1S/C18H19NO4/c20-17-9-5-4-8-15(17)16-12-22-13-19(16)10-18(21)23-11-14-6-2-1-3-7-14/h1-8,16H,9-13H2/t16-/m1/s1. The average molecular weight is 313 g/mol. The molecule has 0 unspecified atom stereocenters. The molecular formula is C18H19NO4. The van der Waals surface area contributed by atoms with Crippen molar-refractivity contribution in [1.29, 1.82) is 0 Å². The van der Waals surface area contributed by atoms with Crippen molar-refractivity contribution in [2.24, 2.45) is 0 Å². The summed E-state index contributed by atoms with van der Waals surface area (Å²) in [6.45, 7) is 1.13. The molecule has 0 amide bonds. The Kier molecular flexibility index (Phi) is 5.00. The molecule has 1 aliphatic heterocycles. The van der Waals surface area contributed by atoms with E-state index < -0.39 is 0 Å². The highest BCUT2D eigenvalue weighted by atomic mass is 16.5. The Morgan fingerprint density at radius 2 is 2.13 bits per heavy atom. The lowest BCUT2D eigenvalue weighted by Gasteiger charge is -2.23. The Morgan fingerprint density at radius 1 is 1.30 bits per heavy atom. The van der Waals surface area contributed by atoms with Crippen LogP contribution in [-0.2, 0) is 25.7 Å². The van der Waals surface area contributed by atoms with E-state index in [1.807, 2.05) is 53.5 Å². The van der Waals surface area contributed by atoms with Crippen LogP contribution in [0.2, 0.25) is 0 Å². The van der Waals surface area contributed by atoms with Gasteiger partial charge >= 0.3 is 5.97 Å². The molecule has 120 valence electrons. The van der Waals surface area contributed by atoms with Crippen molar-refractivity contribution in [3.8, 4) is 0 Å². The maximum atomic E-state index is 12.0. The van der Waals surface area contributed by atoms with Crippen LogP contribution in [0, 0.1) is 0 Å². The zero-order chi connectivity index (χ0) is 16.1. The highest BCUT2D eigenvalue weighted by molar-refractivity contribution is 5.98. The first-order valence-electron chi connectivity index (χ1n) is 7.65. The summed E-state index contributed by atoms with van der Waals surface area (Å²) in [7, 11) is 0. The van der Waals surface area contributed by atoms with Gasteiger partial charge in [-0.1, -0.05) is 48.6 Å². The lowest BCUT2D eigenvalue weighted by molar-refractivity contribution is -0.146. The number of hydrogen-bond acceptors (Lipinski definition) is 5. The molecule has 0 saturated carbocycles. The van der Waals surface area contributed by atoms with Crippen LogP contribution in [-0.4, -0.2) is 42.6 Å². The van der Waals surface area contributed by atoms with Gasteiger partial charge in [-0.2, -0.15) is 0 Å². The number of allylic oxidation sites excluding steroid dienone is 3. The zero-order valence-electron chi connectivity index (χ0n) is 12.8. The predicted molar refractivity (Wildman–Crippen MR) is 84.4 cm³/mol. The molecule has 1 aromatic carbocycles. The van der Waals surface area contributed by atoms with Crippen LogP contribution in [0.1, 0.15) is 12.0 Å². The number of Topliss-reactive ketones (excluding diaryl/α,β-unsaturated/α-hetero) is 1. The molecule has 1 aromatic rings. The van der Waals surface area contributed by atoms with E-state index in [2.05, 4.69) is 0 Å². The summed E-state index contributed by atoms with van der Waals surface area (Å²) >= 11 is 0. The molecule has 0 aromatic heterocycles. The summed E-state index contributed by atoms with van der Waals surface area (Å²) in [4.78, 5) is 25.9. The molecule has 5 nitrogen and oxygen atoms in total. The van der Waals surface area contributed by atoms with Crippen molar-refractivity contribution in [3.05, 3.63) is 59.7 Å². The van der Waals surface area contributed by atoms with Gasteiger partial charge in [-0.3, -0.25) is 14.5 Å². The van der Waals surface area contributed by atoms with Gasteiger partial charge < -0.3 is 9.47 Å². The fourth-order valence-corrected chi connectivity index (χ4v) is 2.72. The molecule has 1 aliphatic carbocycles. The average Bonchev–Trinajstić information content (AvgIpc) is 3.02. The van der Waals surface area contributed by atoms with Crippen LogP contribution in [0.5, 0.6) is 0 Å². The van der Waals surface area contributed by atoms with E-state index in [9.17, 15) is 9.59 Å². The van der Waals surface area contributed by atoms with Gasteiger partial charge in [-0.15, -0.1) is 0 Å². The highest BCUT2D eigenvalue weighted by Crippen LogP contribution is 2.21. The van der Waals surface area contributed by atoms with Crippen LogP contribution < -0.4 is 0 Å². The molecule has 5 heteroatoms. The van der Waals surface area contributed by atoms with E-state index >= 15 is 0 Å². The van der Waals surface area contributed by atoms with Crippen LogP contribution in [0.15, 0.2) is 54.1 Å². The summed E-state index contributed by atoms with van der Waals surface area (Å²) in [6, 6.07) is 9.38. The number of ether oxygens (including phenoxy) is 2. The molecule has 1 heterocycles. The number of carbonyl (C=O) groups is 2. The normalized spacial score (nSPS) is 21.3. The van der Waals surface area contributed by atoms with Gasteiger partial charge in [0.05, 0.1) is 19.2 Å². The van der Waals surface area contributed by atoms with Crippen LogP contribution >= 0.6 is 0 Å². The first-order valence-corrected chi connectivity index (χ1v) is 7.65. The fourth-order valence-electron chi connectivity index (χ4n) is 2.72. The summed E-state index contributed by atoms with van der Waals surface area (Å²) in [5.74, 6) is -0.227. The van der Waals surface area contributed by atoms with E-state index in [4.69, 9.17) is 9.47 Å². The quantitative estimate of drug-likeness (QED) is 0.777. The topological polar surface area (TPSA) is 55.8 Å². The number of ketones is 1.